The molecule has 216 valence electrons. The number of rotatable bonds is 18. The van der Waals surface area contributed by atoms with Gasteiger partial charge in [-0.25, -0.2) is 0 Å². The zero-order chi connectivity index (χ0) is 28.8. The van der Waals surface area contributed by atoms with Crippen LogP contribution in [-0.4, -0.2) is 67.4 Å². The molecule has 1 N–H and O–H groups in total. The third-order valence-corrected chi connectivity index (χ3v) is 8.16. The maximum atomic E-state index is 12.9. The molecule has 2 aromatic rings. The Morgan fingerprint density at radius 1 is 0.795 bits per heavy atom. The van der Waals surface area contributed by atoms with Gasteiger partial charge in [-0.2, -0.15) is 0 Å². The topological polar surface area (TPSA) is 49.4 Å². The lowest BCUT2D eigenvalue weighted by atomic mass is 9.98. The number of Topliss-reactive ketones (excluding diaryl/α,β-unsaturated/α-hetero) is 1. The van der Waals surface area contributed by atoms with Crippen LogP contribution in [0, 0.1) is 27.7 Å². The molecule has 2 aromatic carbocycles. The van der Waals surface area contributed by atoms with Crippen molar-refractivity contribution >= 4 is 17.4 Å². The second-order valence-corrected chi connectivity index (χ2v) is 11.8. The molecular formula is C34H54N3O2+. The minimum Gasteiger partial charge on any atom is -0.324 e. The van der Waals surface area contributed by atoms with Gasteiger partial charge in [0.25, 0.3) is 0 Å². The molecule has 0 bridgehead atoms. The number of anilines is 1. The normalized spacial score (nSPS) is 12.9. The van der Waals surface area contributed by atoms with Crippen molar-refractivity contribution in [3.63, 3.8) is 0 Å². The van der Waals surface area contributed by atoms with E-state index in [-0.39, 0.29) is 5.91 Å². The lowest BCUT2D eigenvalue weighted by molar-refractivity contribution is -0.900. The van der Waals surface area contributed by atoms with E-state index in [0.29, 0.717) is 25.3 Å². The number of para-hydroxylation sites is 1. The van der Waals surface area contributed by atoms with Gasteiger partial charge in [0, 0.05) is 12.1 Å². The highest BCUT2D eigenvalue weighted by Crippen LogP contribution is 2.20. The number of hydrogen-bond donors (Lipinski definition) is 1. The Morgan fingerprint density at radius 3 is 1.95 bits per heavy atom. The van der Waals surface area contributed by atoms with Crippen LogP contribution in [-0.2, 0) is 16.0 Å². The molecule has 1 atom stereocenters. The maximum absolute atomic E-state index is 12.9. The Bertz CT molecular complexity index is 1020. The van der Waals surface area contributed by atoms with Gasteiger partial charge in [0.15, 0.2) is 5.78 Å². The van der Waals surface area contributed by atoms with Gasteiger partial charge in [0.1, 0.15) is 6.54 Å². The van der Waals surface area contributed by atoms with Crippen LogP contribution < -0.4 is 5.32 Å². The van der Waals surface area contributed by atoms with Crippen molar-refractivity contribution in [3.8, 4) is 0 Å². The first-order valence-corrected chi connectivity index (χ1v) is 15.1. The summed E-state index contributed by atoms with van der Waals surface area (Å²) in [5.74, 6) is 0.416. The number of ketones is 1. The van der Waals surface area contributed by atoms with Crippen LogP contribution in [0.1, 0.15) is 80.2 Å². The number of likely N-dealkylation sites (N-methyl/N-ethyl adjacent to an activating group) is 1. The van der Waals surface area contributed by atoms with Gasteiger partial charge < -0.3 is 9.80 Å². The van der Waals surface area contributed by atoms with Gasteiger partial charge in [-0.05, 0) is 101 Å². The molecule has 0 heterocycles. The number of quaternary nitrogens is 1. The predicted octanol–water partition coefficient (Wildman–Crippen LogP) is 6.80. The number of carbonyl (C=O) groups is 2. The summed E-state index contributed by atoms with van der Waals surface area (Å²) in [6.07, 6.45) is 7.44. The van der Waals surface area contributed by atoms with Crippen LogP contribution >= 0.6 is 0 Å². The zero-order valence-corrected chi connectivity index (χ0v) is 25.9. The fourth-order valence-corrected chi connectivity index (χ4v) is 5.49. The molecule has 0 radical (unpaired) electrons. The van der Waals surface area contributed by atoms with E-state index in [1.54, 1.807) is 0 Å². The first-order valence-electron chi connectivity index (χ1n) is 15.1. The van der Waals surface area contributed by atoms with E-state index in [4.69, 9.17) is 0 Å². The van der Waals surface area contributed by atoms with Gasteiger partial charge in [-0.3, -0.25) is 14.5 Å². The maximum Gasteiger partial charge on any atom is 0.238 e. The number of unbranched alkanes of at least 4 members (excludes halogenated alkanes) is 4. The van der Waals surface area contributed by atoms with Gasteiger partial charge in [0.2, 0.25) is 5.91 Å². The molecule has 0 aromatic heterocycles. The summed E-state index contributed by atoms with van der Waals surface area (Å²) in [5.41, 5.74) is 6.79. The molecule has 1 amide bonds. The Labute approximate surface area is 238 Å². The molecule has 39 heavy (non-hydrogen) atoms. The molecule has 0 aliphatic rings. The SMILES string of the molecule is CCCN(CCCCCCC[N+](C)(CC)CC(=O)Cc1c(C)cccc1C)CC(=O)Nc1c(C)cccc1C. The molecule has 0 aliphatic heterocycles. The highest BCUT2D eigenvalue weighted by molar-refractivity contribution is 5.93. The quantitative estimate of drug-likeness (QED) is 0.168. The molecule has 5 heteroatoms. The summed E-state index contributed by atoms with van der Waals surface area (Å²) in [4.78, 5) is 28.0. The number of nitrogens with one attached hydrogen (secondary N) is 1. The van der Waals surface area contributed by atoms with Crippen LogP contribution in [0.3, 0.4) is 0 Å². The van der Waals surface area contributed by atoms with Crippen LogP contribution in [0.2, 0.25) is 0 Å². The van der Waals surface area contributed by atoms with E-state index < -0.39 is 0 Å². The number of amides is 1. The second kappa shape index (κ2) is 16.6. The third-order valence-electron chi connectivity index (χ3n) is 8.16. The second-order valence-electron chi connectivity index (χ2n) is 11.8. The number of nitrogens with zero attached hydrogens (tertiary/aromatic N) is 2. The minimum absolute atomic E-state index is 0.0737. The molecule has 0 saturated carbocycles. The fraction of sp³-hybridized carbons (Fsp3) is 0.588. The van der Waals surface area contributed by atoms with Crippen LogP contribution in [0.4, 0.5) is 5.69 Å². The first-order chi connectivity index (χ1) is 18.6. The zero-order valence-electron chi connectivity index (χ0n) is 25.9. The summed E-state index contributed by atoms with van der Waals surface area (Å²) in [5, 5.41) is 3.13. The van der Waals surface area contributed by atoms with E-state index >= 15 is 0 Å². The summed E-state index contributed by atoms with van der Waals surface area (Å²) in [6.45, 7) is 17.7. The van der Waals surface area contributed by atoms with E-state index in [2.05, 4.69) is 63.2 Å². The summed E-state index contributed by atoms with van der Waals surface area (Å²) in [6, 6.07) is 12.4. The van der Waals surface area contributed by atoms with E-state index in [1.165, 1.54) is 36.0 Å². The largest absolute Gasteiger partial charge is 0.324 e. The summed E-state index contributed by atoms with van der Waals surface area (Å²) >= 11 is 0. The summed E-state index contributed by atoms with van der Waals surface area (Å²) in [7, 11) is 2.23. The van der Waals surface area contributed by atoms with E-state index in [0.717, 1.165) is 66.7 Å². The Kier molecular flexibility index (Phi) is 13.9. The van der Waals surface area contributed by atoms with Gasteiger partial charge >= 0.3 is 0 Å². The van der Waals surface area contributed by atoms with Crippen molar-refractivity contribution in [2.45, 2.75) is 86.5 Å². The van der Waals surface area contributed by atoms with Gasteiger partial charge in [0.05, 0.1) is 26.7 Å². The minimum atomic E-state index is 0.0737. The number of aryl methyl sites for hydroxylation is 4. The highest BCUT2D eigenvalue weighted by Gasteiger charge is 2.23. The van der Waals surface area contributed by atoms with Crippen molar-refractivity contribution in [2.75, 3.05) is 51.6 Å². The van der Waals surface area contributed by atoms with E-state index in [1.807, 2.05) is 32.0 Å². The highest BCUT2D eigenvalue weighted by atomic mass is 16.2. The number of carbonyl (C=O) groups excluding carboxylic acids is 2. The Balaban J connectivity index is 1.70. The molecule has 0 aliphatic carbocycles. The van der Waals surface area contributed by atoms with Crippen molar-refractivity contribution in [2.24, 2.45) is 0 Å². The lowest BCUT2D eigenvalue weighted by Gasteiger charge is -2.33. The van der Waals surface area contributed by atoms with Crippen LogP contribution in [0.15, 0.2) is 36.4 Å². The number of benzene rings is 2. The third kappa shape index (κ3) is 11.3. The van der Waals surface area contributed by atoms with Crippen LogP contribution in [0.25, 0.3) is 0 Å². The average molecular weight is 537 g/mol. The molecule has 2 rings (SSSR count). The predicted molar refractivity (Wildman–Crippen MR) is 165 cm³/mol. The standard InChI is InChI=1S/C34H53N3O2/c1-8-21-36(25-33(39)35-34-29(5)19-16-20-30(34)6)22-13-11-10-12-14-23-37(7,9-2)26-31(38)24-32-27(3)17-15-18-28(32)4/h15-20H,8-14,21-26H2,1-7H3/p+1. The molecule has 0 fully saturated rings. The van der Waals surface area contributed by atoms with Gasteiger partial charge in [-0.1, -0.05) is 56.2 Å². The van der Waals surface area contributed by atoms with Crippen molar-refractivity contribution in [1.29, 1.82) is 0 Å². The first kappa shape index (κ1) is 32.7. The fourth-order valence-electron chi connectivity index (χ4n) is 5.49. The average Bonchev–Trinajstić information content (AvgIpc) is 2.88. The molecule has 0 spiro atoms. The number of hydrogen-bond acceptors (Lipinski definition) is 3. The Hall–Kier alpha value is -2.50. The molecule has 1 unspecified atom stereocenters. The van der Waals surface area contributed by atoms with E-state index in [9.17, 15) is 9.59 Å². The molecule has 0 saturated heterocycles. The van der Waals surface area contributed by atoms with Crippen LogP contribution in [0.5, 0.6) is 0 Å². The van der Waals surface area contributed by atoms with Crippen molar-refractivity contribution < 1.29 is 14.1 Å². The lowest BCUT2D eigenvalue weighted by Crippen LogP contribution is -2.48. The van der Waals surface area contributed by atoms with Crippen molar-refractivity contribution in [1.82, 2.24) is 4.90 Å². The molecule has 5 nitrogen and oxygen atoms in total. The molecular weight excluding hydrogens is 482 g/mol. The monoisotopic (exact) mass is 536 g/mol. The smallest absolute Gasteiger partial charge is 0.238 e. The van der Waals surface area contributed by atoms with Gasteiger partial charge in [-0.15, -0.1) is 0 Å². The van der Waals surface area contributed by atoms with Crippen molar-refractivity contribution in [3.05, 3.63) is 64.2 Å². The summed E-state index contributed by atoms with van der Waals surface area (Å²) < 4.78 is 0.823. The Morgan fingerprint density at radius 2 is 1.36 bits per heavy atom.